The molecular weight excluding hydrogens is 200 g/mol. The van der Waals surface area contributed by atoms with Gasteiger partial charge in [0.15, 0.2) is 0 Å². The van der Waals surface area contributed by atoms with Gasteiger partial charge >= 0.3 is 0 Å². The van der Waals surface area contributed by atoms with Crippen molar-refractivity contribution < 1.29 is 0 Å². The minimum atomic E-state index is 0.694. The third-order valence-electron chi connectivity index (χ3n) is 2.78. The van der Waals surface area contributed by atoms with Gasteiger partial charge in [-0.3, -0.25) is 0 Å². The Morgan fingerprint density at radius 2 is 2.00 bits per heavy atom. The summed E-state index contributed by atoms with van der Waals surface area (Å²) in [4.78, 5) is 2.31. The summed E-state index contributed by atoms with van der Waals surface area (Å²) in [7, 11) is 2.13. The largest absolute Gasteiger partial charge is 0.319 e. The Morgan fingerprint density at radius 3 is 2.69 bits per heavy atom. The standard InChI is InChI=1S/C12H16N4/c1-15-5-7-16(8-6-15)14-12-4-2-3-11(9-12)10-13/h2-4,9,14H,5-8H2,1H3. The molecule has 0 saturated carbocycles. The Balaban J connectivity index is 1.96. The van der Waals surface area contributed by atoms with E-state index < -0.39 is 0 Å². The first-order chi connectivity index (χ1) is 7.78. The molecule has 1 aliphatic rings. The Morgan fingerprint density at radius 1 is 1.25 bits per heavy atom. The Labute approximate surface area is 96.0 Å². The molecule has 0 bridgehead atoms. The van der Waals surface area contributed by atoms with E-state index in [4.69, 9.17) is 5.26 Å². The van der Waals surface area contributed by atoms with Crippen molar-refractivity contribution in [2.24, 2.45) is 0 Å². The van der Waals surface area contributed by atoms with Crippen LogP contribution in [0.25, 0.3) is 0 Å². The fourth-order valence-corrected chi connectivity index (χ4v) is 1.76. The van der Waals surface area contributed by atoms with E-state index in [1.165, 1.54) is 0 Å². The van der Waals surface area contributed by atoms with E-state index in [1.54, 1.807) is 0 Å². The van der Waals surface area contributed by atoms with Crippen molar-refractivity contribution in [2.75, 3.05) is 38.7 Å². The van der Waals surface area contributed by atoms with Crippen LogP contribution in [0.1, 0.15) is 5.56 Å². The Kier molecular flexibility index (Phi) is 3.40. The van der Waals surface area contributed by atoms with Crippen molar-refractivity contribution in [3.05, 3.63) is 29.8 Å². The predicted molar refractivity (Wildman–Crippen MR) is 63.8 cm³/mol. The minimum absolute atomic E-state index is 0.694. The monoisotopic (exact) mass is 216 g/mol. The van der Waals surface area contributed by atoms with E-state index in [1.807, 2.05) is 24.3 Å². The highest BCUT2D eigenvalue weighted by Gasteiger charge is 2.13. The van der Waals surface area contributed by atoms with E-state index in [2.05, 4.69) is 28.5 Å². The quantitative estimate of drug-likeness (QED) is 0.805. The summed E-state index contributed by atoms with van der Waals surface area (Å²) >= 11 is 0. The summed E-state index contributed by atoms with van der Waals surface area (Å²) in [5.74, 6) is 0. The number of rotatable bonds is 2. The summed E-state index contributed by atoms with van der Waals surface area (Å²) in [5.41, 5.74) is 5.01. The second kappa shape index (κ2) is 4.97. The fraction of sp³-hybridized carbons (Fsp3) is 0.417. The number of hydrogen-bond acceptors (Lipinski definition) is 4. The molecule has 0 radical (unpaired) electrons. The zero-order chi connectivity index (χ0) is 11.4. The molecule has 1 saturated heterocycles. The number of hydrazine groups is 1. The molecule has 2 rings (SSSR count). The van der Waals surface area contributed by atoms with Gasteiger partial charge in [0.2, 0.25) is 0 Å². The van der Waals surface area contributed by atoms with Crippen molar-refractivity contribution in [3.8, 4) is 6.07 Å². The number of nitrogens with one attached hydrogen (secondary N) is 1. The van der Waals surface area contributed by atoms with Gasteiger partial charge in [0, 0.05) is 26.2 Å². The van der Waals surface area contributed by atoms with E-state index >= 15 is 0 Å². The van der Waals surface area contributed by atoms with Crippen LogP contribution in [0.5, 0.6) is 0 Å². The molecule has 84 valence electrons. The zero-order valence-electron chi connectivity index (χ0n) is 9.48. The van der Waals surface area contributed by atoms with E-state index in [0.717, 1.165) is 31.9 Å². The van der Waals surface area contributed by atoms with Crippen LogP contribution >= 0.6 is 0 Å². The lowest BCUT2D eigenvalue weighted by atomic mass is 10.2. The molecule has 1 aromatic carbocycles. The first kappa shape index (κ1) is 10.9. The van der Waals surface area contributed by atoms with Crippen LogP contribution in [0.4, 0.5) is 5.69 Å². The lowest BCUT2D eigenvalue weighted by Crippen LogP contribution is -2.46. The van der Waals surface area contributed by atoms with Gasteiger partial charge in [-0.15, -0.1) is 0 Å². The molecule has 1 fully saturated rings. The molecule has 1 aromatic rings. The molecular formula is C12H16N4. The summed E-state index contributed by atoms with van der Waals surface area (Å²) < 4.78 is 0. The first-order valence-corrected chi connectivity index (χ1v) is 5.48. The van der Waals surface area contributed by atoms with Gasteiger partial charge in [-0.25, -0.2) is 5.01 Å². The second-order valence-electron chi connectivity index (χ2n) is 4.09. The summed E-state index contributed by atoms with van der Waals surface area (Å²) in [5, 5.41) is 11.0. The smallest absolute Gasteiger partial charge is 0.0992 e. The molecule has 1 heterocycles. The molecule has 1 N–H and O–H groups in total. The van der Waals surface area contributed by atoms with Crippen LogP contribution in [-0.2, 0) is 0 Å². The van der Waals surface area contributed by atoms with E-state index in [0.29, 0.717) is 5.56 Å². The Bertz CT molecular complexity index is 388. The number of nitrogens with zero attached hydrogens (tertiary/aromatic N) is 3. The van der Waals surface area contributed by atoms with E-state index in [-0.39, 0.29) is 0 Å². The average molecular weight is 216 g/mol. The van der Waals surface area contributed by atoms with Crippen LogP contribution < -0.4 is 5.43 Å². The minimum Gasteiger partial charge on any atom is -0.319 e. The van der Waals surface area contributed by atoms with Gasteiger partial charge < -0.3 is 10.3 Å². The average Bonchev–Trinajstić information content (AvgIpc) is 2.32. The topological polar surface area (TPSA) is 42.3 Å². The summed E-state index contributed by atoms with van der Waals surface area (Å²) in [6.07, 6.45) is 0. The number of nitriles is 1. The van der Waals surface area contributed by atoms with Gasteiger partial charge in [0.25, 0.3) is 0 Å². The molecule has 0 unspecified atom stereocenters. The molecule has 16 heavy (non-hydrogen) atoms. The normalized spacial score (nSPS) is 18.0. The predicted octanol–water partition coefficient (Wildman–Crippen LogP) is 1.13. The van der Waals surface area contributed by atoms with Crippen molar-refractivity contribution in [1.82, 2.24) is 9.91 Å². The molecule has 0 amide bonds. The molecule has 0 atom stereocenters. The lowest BCUT2D eigenvalue weighted by molar-refractivity contribution is 0.179. The van der Waals surface area contributed by atoms with Crippen LogP contribution in [0, 0.1) is 11.3 Å². The Hall–Kier alpha value is -1.57. The van der Waals surface area contributed by atoms with Crippen LogP contribution in [0.3, 0.4) is 0 Å². The number of anilines is 1. The number of hydrogen-bond donors (Lipinski definition) is 1. The van der Waals surface area contributed by atoms with Gasteiger partial charge in [0.1, 0.15) is 0 Å². The SMILES string of the molecule is CN1CCN(Nc2cccc(C#N)c2)CC1. The maximum absolute atomic E-state index is 8.80. The lowest BCUT2D eigenvalue weighted by Gasteiger charge is -2.33. The van der Waals surface area contributed by atoms with Gasteiger partial charge in [-0.05, 0) is 25.2 Å². The highest BCUT2D eigenvalue weighted by Crippen LogP contribution is 2.11. The second-order valence-corrected chi connectivity index (χ2v) is 4.09. The van der Waals surface area contributed by atoms with Crippen molar-refractivity contribution in [1.29, 1.82) is 5.26 Å². The van der Waals surface area contributed by atoms with Gasteiger partial charge in [0.05, 0.1) is 17.3 Å². The fourth-order valence-electron chi connectivity index (χ4n) is 1.76. The molecule has 1 aliphatic heterocycles. The highest BCUT2D eigenvalue weighted by atomic mass is 15.5. The first-order valence-electron chi connectivity index (χ1n) is 5.48. The summed E-state index contributed by atoms with van der Waals surface area (Å²) in [6, 6.07) is 9.72. The van der Waals surface area contributed by atoms with Crippen LogP contribution in [0.2, 0.25) is 0 Å². The van der Waals surface area contributed by atoms with Crippen molar-refractivity contribution in [2.45, 2.75) is 0 Å². The summed E-state index contributed by atoms with van der Waals surface area (Å²) in [6.45, 7) is 4.16. The van der Waals surface area contributed by atoms with Crippen LogP contribution in [-0.4, -0.2) is 43.1 Å². The third kappa shape index (κ3) is 2.72. The van der Waals surface area contributed by atoms with Crippen molar-refractivity contribution in [3.63, 3.8) is 0 Å². The number of likely N-dealkylation sites (N-methyl/N-ethyl adjacent to an activating group) is 1. The third-order valence-corrected chi connectivity index (χ3v) is 2.78. The van der Waals surface area contributed by atoms with Gasteiger partial charge in [-0.2, -0.15) is 5.26 Å². The zero-order valence-corrected chi connectivity index (χ0v) is 9.48. The molecule has 0 aliphatic carbocycles. The van der Waals surface area contributed by atoms with Gasteiger partial charge in [-0.1, -0.05) is 6.07 Å². The molecule has 4 nitrogen and oxygen atoms in total. The molecule has 0 aromatic heterocycles. The van der Waals surface area contributed by atoms with E-state index in [9.17, 15) is 0 Å². The van der Waals surface area contributed by atoms with Crippen LogP contribution in [0.15, 0.2) is 24.3 Å². The van der Waals surface area contributed by atoms with Crippen molar-refractivity contribution >= 4 is 5.69 Å². The molecule has 0 spiro atoms. The maximum Gasteiger partial charge on any atom is 0.0992 e. The number of benzene rings is 1. The highest BCUT2D eigenvalue weighted by molar-refractivity contribution is 5.48. The maximum atomic E-state index is 8.80. The number of piperazine rings is 1. The molecule has 4 heteroatoms.